The van der Waals surface area contributed by atoms with E-state index in [0.29, 0.717) is 24.1 Å². The molecule has 0 saturated carbocycles. The third-order valence-electron chi connectivity index (χ3n) is 2.58. The predicted molar refractivity (Wildman–Crippen MR) is 62.2 cm³/mol. The lowest BCUT2D eigenvalue weighted by atomic mass is 10.0. The zero-order chi connectivity index (χ0) is 13.1. The Balaban J connectivity index is 2.35. The number of benzene rings is 1. The van der Waals surface area contributed by atoms with E-state index in [1.54, 1.807) is 6.07 Å². The van der Waals surface area contributed by atoms with Crippen LogP contribution in [0, 0.1) is 17.1 Å². The average Bonchev–Trinajstić information content (AvgIpc) is 2.30. The second kappa shape index (κ2) is 4.84. The van der Waals surface area contributed by atoms with Crippen LogP contribution in [0.2, 0.25) is 0 Å². The van der Waals surface area contributed by atoms with Gasteiger partial charge >= 0.3 is 0 Å². The van der Waals surface area contributed by atoms with Gasteiger partial charge in [0, 0.05) is 6.42 Å². The molecular formula is C12H10FN3O2. The summed E-state index contributed by atoms with van der Waals surface area (Å²) in [6.45, 7) is 0. The molecule has 92 valence electrons. The Kier molecular flexibility index (Phi) is 3.24. The van der Waals surface area contributed by atoms with E-state index in [-0.39, 0.29) is 18.0 Å². The average molecular weight is 247 g/mol. The molecule has 5 nitrogen and oxygen atoms in total. The van der Waals surface area contributed by atoms with Crippen LogP contribution in [0.25, 0.3) is 0 Å². The minimum Gasteiger partial charge on any atom is -0.324 e. The molecule has 1 aliphatic rings. The van der Waals surface area contributed by atoms with Gasteiger partial charge in [0.2, 0.25) is 11.8 Å². The molecule has 1 heterocycles. The van der Waals surface area contributed by atoms with E-state index < -0.39 is 11.7 Å². The number of aryl methyl sites for hydroxylation is 1. The molecule has 0 saturated heterocycles. The van der Waals surface area contributed by atoms with Crippen molar-refractivity contribution in [3.63, 3.8) is 0 Å². The van der Waals surface area contributed by atoms with Crippen molar-refractivity contribution in [3.8, 4) is 6.07 Å². The summed E-state index contributed by atoms with van der Waals surface area (Å²) >= 11 is 0. The van der Waals surface area contributed by atoms with Gasteiger partial charge in [-0.2, -0.15) is 5.26 Å². The summed E-state index contributed by atoms with van der Waals surface area (Å²) in [5, 5.41) is 13.4. The number of hydrogen-bond acceptors (Lipinski definition) is 3. The number of nitrogens with zero attached hydrogens (tertiary/aromatic N) is 1. The molecule has 1 aliphatic heterocycles. The molecule has 6 heteroatoms. The maximum Gasteiger partial charge on any atom is 0.238 e. The maximum atomic E-state index is 13.4. The summed E-state index contributed by atoms with van der Waals surface area (Å²) in [7, 11) is 0. The Bertz CT molecular complexity index is 563. The van der Waals surface area contributed by atoms with E-state index >= 15 is 0 Å². The first-order valence-electron chi connectivity index (χ1n) is 5.39. The number of rotatable bonds is 2. The third-order valence-corrected chi connectivity index (χ3v) is 2.58. The second-order valence-electron chi connectivity index (χ2n) is 3.92. The van der Waals surface area contributed by atoms with Gasteiger partial charge in [0.15, 0.2) is 0 Å². The first-order chi connectivity index (χ1) is 8.60. The van der Waals surface area contributed by atoms with Crippen molar-refractivity contribution >= 4 is 23.2 Å². The molecule has 0 atom stereocenters. The van der Waals surface area contributed by atoms with Crippen LogP contribution in [-0.4, -0.2) is 11.8 Å². The molecule has 0 spiro atoms. The van der Waals surface area contributed by atoms with Crippen LogP contribution in [0.15, 0.2) is 12.1 Å². The van der Waals surface area contributed by atoms with Crippen LogP contribution in [0.5, 0.6) is 0 Å². The first-order valence-corrected chi connectivity index (χ1v) is 5.39. The third kappa shape index (κ3) is 2.46. The van der Waals surface area contributed by atoms with Crippen molar-refractivity contribution in [1.82, 2.24) is 0 Å². The molecule has 2 amide bonds. The molecule has 0 bridgehead atoms. The molecule has 0 radical (unpaired) electrons. The largest absolute Gasteiger partial charge is 0.324 e. The van der Waals surface area contributed by atoms with Crippen LogP contribution in [0.1, 0.15) is 18.4 Å². The van der Waals surface area contributed by atoms with Crippen LogP contribution < -0.4 is 10.6 Å². The predicted octanol–water partition coefficient (Wildman–Crippen LogP) is 1.56. The summed E-state index contributed by atoms with van der Waals surface area (Å²) in [4.78, 5) is 22.6. The van der Waals surface area contributed by atoms with E-state index in [1.807, 2.05) is 0 Å². The van der Waals surface area contributed by atoms with Gasteiger partial charge in [-0.15, -0.1) is 0 Å². The van der Waals surface area contributed by atoms with E-state index in [0.717, 1.165) is 6.07 Å². The maximum absolute atomic E-state index is 13.4. The van der Waals surface area contributed by atoms with Crippen molar-refractivity contribution in [3.05, 3.63) is 23.5 Å². The molecule has 1 aromatic rings. The Morgan fingerprint density at radius 1 is 1.50 bits per heavy atom. The number of anilines is 2. The highest BCUT2D eigenvalue weighted by atomic mass is 19.1. The Labute approximate surface area is 103 Å². The normalized spacial score (nSPS) is 13.2. The zero-order valence-corrected chi connectivity index (χ0v) is 9.42. The van der Waals surface area contributed by atoms with Crippen molar-refractivity contribution in [2.75, 3.05) is 10.6 Å². The van der Waals surface area contributed by atoms with Crippen LogP contribution in [-0.2, 0) is 16.0 Å². The summed E-state index contributed by atoms with van der Waals surface area (Å²) < 4.78 is 13.4. The van der Waals surface area contributed by atoms with Gasteiger partial charge in [-0.25, -0.2) is 4.39 Å². The summed E-state index contributed by atoms with van der Waals surface area (Å²) in [5.74, 6) is -1.20. The van der Waals surface area contributed by atoms with Gasteiger partial charge in [-0.3, -0.25) is 9.59 Å². The SMILES string of the molecule is N#CCC(=O)Nc1cc(F)cc2c1NC(=O)CC2. The zero-order valence-electron chi connectivity index (χ0n) is 9.42. The number of carbonyl (C=O) groups excluding carboxylic acids is 2. The Morgan fingerprint density at radius 2 is 2.28 bits per heavy atom. The van der Waals surface area contributed by atoms with Gasteiger partial charge in [-0.1, -0.05) is 0 Å². The number of fused-ring (bicyclic) bond motifs is 1. The lowest BCUT2D eigenvalue weighted by Crippen LogP contribution is -2.22. The smallest absolute Gasteiger partial charge is 0.238 e. The van der Waals surface area contributed by atoms with Gasteiger partial charge in [-0.05, 0) is 24.1 Å². The highest BCUT2D eigenvalue weighted by molar-refractivity contribution is 6.02. The summed E-state index contributed by atoms with van der Waals surface area (Å²) in [6.07, 6.45) is 0.404. The number of halogens is 1. The fourth-order valence-electron chi connectivity index (χ4n) is 1.82. The van der Waals surface area contributed by atoms with Crippen LogP contribution in [0.4, 0.5) is 15.8 Å². The lowest BCUT2D eigenvalue weighted by Gasteiger charge is -2.20. The van der Waals surface area contributed by atoms with Gasteiger partial charge in [0.05, 0.1) is 17.4 Å². The molecule has 1 aromatic carbocycles. The minimum absolute atomic E-state index is 0.176. The number of nitrogens with one attached hydrogen (secondary N) is 2. The number of nitriles is 1. The van der Waals surface area contributed by atoms with Gasteiger partial charge in [0.1, 0.15) is 12.2 Å². The second-order valence-corrected chi connectivity index (χ2v) is 3.92. The standard InChI is InChI=1S/C12H10FN3O2/c13-8-5-7-1-2-10(17)16-12(7)9(6-8)15-11(18)3-4-14/h5-6H,1-3H2,(H,15,18)(H,16,17). The van der Waals surface area contributed by atoms with E-state index in [1.165, 1.54) is 6.07 Å². The van der Waals surface area contributed by atoms with E-state index in [9.17, 15) is 14.0 Å². The number of amides is 2. The minimum atomic E-state index is -0.537. The molecule has 2 N–H and O–H groups in total. The fraction of sp³-hybridized carbons (Fsp3) is 0.250. The highest BCUT2D eigenvalue weighted by Crippen LogP contribution is 2.31. The summed E-state index contributed by atoms with van der Waals surface area (Å²) in [6, 6.07) is 4.15. The van der Waals surface area contributed by atoms with Crippen molar-refractivity contribution in [2.45, 2.75) is 19.3 Å². The van der Waals surface area contributed by atoms with Crippen LogP contribution in [0.3, 0.4) is 0 Å². The molecule has 0 fully saturated rings. The fourth-order valence-corrected chi connectivity index (χ4v) is 1.82. The molecule has 0 aliphatic carbocycles. The molecule has 18 heavy (non-hydrogen) atoms. The molecule has 0 aromatic heterocycles. The topological polar surface area (TPSA) is 82.0 Å². The lowest BCUT2D eigenvalue weighted by molar-refractivity contribution is -0.117. The van der Waals surface area contributed by atoms with E-state index in [4.69, 9.17) is 5.26 Å². The Hall–Kier alpha value is -2.42. The molecule has 2 rings (SSSR count). The van der Waals surface area contributed by atoms with Crippen molar-refractivity contribution in [2.24, 2.45) is 0 Å². The van der Waals surface area contributed by atoms with Gasteiger partial charge in [0.25, 0.3) is 0 Å². The van der Waals surface area contributed by atoms with E-state index in [2.05, 4.69) is 10.6 Å². The Morgan fingerprint density at radius 3 is 3.00 bits per heavy atom. The van der Waals surface area contributed by atoms with Gasteiger partial charge < -0.3 is 10.6 Å². The van der Waals surface area contributed by atoms with Crippen molar-refractivity contribution in [1.29, 1.82) is 5.26 Å². The molecular weight excluding hydrogens is 237 g/mol. The molecule has 0 unspecified atom stereocenters. The number of hydrogen-bond donors (Lipinski definition) is 2. The number of carbonyl (C=O) groups is 2. The van der Waals surface area contributed by atoms with Crippen LogP contribution >= 0.6 is 0 Å². The summed E-state index contributed by atoms with van der Waals surface area (Å²) in [5.41, 5.74) is 1.25. The highest BCUT2D eigenvalue weighted by Gasteiger charge is 2.20. The quantitative estimate of drug-likeness (QED) is 0.832. The monoisotopic (exact) mass is 247 g/mol. The van der Waals surface area contributed by atoms with Crippen molar-refractivity contribution < 1.29 is 14.0 Å². The first kappa shape index (κ1) is 12.0.